The van der Waals surface area contributed by atoms with Gasteiger partial charge in [0.25, 0.3) is 0 Å². The number of anilines is 1. The predicted octanol–water partition coefficient (Wildman–Crippen LogP) is 4.01. The molecule has 2 heterocycles. The van der Waals surface area contributed by atoms with Gasteiger partial charge in [-0.1, -0.05) is 11.8 Å². The molecule has 0 atom stereocenters. The second kappa shape index (κ2) is 8.49. The maximum atomic E-state index is 13.3. The molecule has 29 heavy (non-hydrogen) atoms. The fourth-order valence-electron chi connectivity index (χ4n) is 2.96. The Morgan fingerprint density at radius 1 is 1.31 bits per heavy atom. The Kier molecular flexibility index (Phi) is 6.03. The molecule has 3 rings (SSSR count). The average molecular weight is 412 g/mol. The molecule has 1 amide bonds. The SMILES string of the molecule is Cc1c(C#N)c(NC(=O)CSc2nncn2C(C)C)n(-c2ccc(F)cc2)c1C. The maximum Gasteiger partial charge on any atom is 0.236 e. The number of halogens is 1. The molecule has 2 aromatic heterocycles. The van der Waals surface area contributed by atoms with Crippen LogP contribution >= 0.6 is 11.8 Å². The summed E-state index contributed by atoms with van der Waals surface area (Å²) in [6.07, 6.45) is 1.63. The number of nitrogens with zero attached hydrogens (tertiary/aromatic N) is 5. The molecule has 0 unspecified atom stereocenters. The number of aromatic nitrogens is 4. The van der Waals surface area contributed by atoms with Crippen LogP contribution in [0.1, 0.15) is 36.7 Å². The highest BCUT2D eigenvalue weighted by Gasteiger charge is 2.21. The van der Waals surface area contributed by atoms with Gasteiger partial charge in [0.05, 0.1) is 11.3 Å². The van der Waals surface area contributed by atoms with Crippen molar-refractivity contribution < 1.29 is 9.18 Å². The Morgan fingerprint density at radius 2 is 2.00 bits per heavy atom. The van der Waals surface area contributed by atoms with Gasteiger partial charge >= 0.3 is 0 Å². The Labute approximate surface area is 172 Å². The molecule has 0 saturated carbocycles. The van der Waals surface area contributed by atoms with Crippen molar-refractivity contribution in [1.29, 1.82) is 5.26 Å². The first-order chi connectivity index (χ1) is 13.8. The van der Waals surface area contributed by atoms with Gasteiger partial charge in [-0.05, 0) is 57.5 Å². The lowest BCUT2D eigenvalue weighted by atomic mass is 10.2. The lowest BCUT2D eigenvalue weighted by molar-refractivity contribution is -0.113. The third-order valence-electron chi connectivity index (χ3n) is 4.60. The van der Waals surface area contributed by atoms with E-state index >= 15 is 0 Å². The van der Waals surface area contributed by atoms with Gasteiger partial charge in [0.15, 0.2) is 5.16 Å². The van der Waals surface area contributed by atoms with Gasteiger partial charge < -0.3 is 9.88 Å². The number of amides is 1. The van der Waals surface area contributed by atoms with Crippen LogP contribution in [0, 0.1) is 31.0 Å². The van der Waals surface area contributed by atoms with Crippen molar-refractivity contribution >= 4 is 23.5 Å². The van der Waals surface area contributed by atoms with E-state index in [0.29, 0.717) is 22.2 Å². The first-order valence-corrected chi connectivity index (χ1v) is 10.0. The number of thioether (sulfide) groups is 1. The minimum Gasteiger partial charge on any atom is -0.310 e. The van der Waals surface area contributed by atoms with E-state index in [0.717, 1.165) is 11.3 Å². The zero-order chi connectivity index (χ0) is 21.1. The van der Waals surface area contributed by atoms with Crippen molar-refractivity contribution in [3.05, 3.63) is 53.2 Å². The molecule has 0 fully saturated rings. The minimum absolute atomic E-state index is 0.114. The summed E-state index contributed by atoms with van der Waals surface area (Å²) in [6.45, 7) is 7.69. The quantitative estimate of drug-likeness (QED) is 0.618. The molecule has 0 saturated heterocycles. The van der Waals surface area contributed by atoms with Gasteiger partial charge in [-0.3, -0.25) is 9.36 Å². The second-order valence-electron chi connectivity index (χ2n) is 6.81. The summed E-state index contributed by atoms with van der Waals surface area (Å²) in [5.41, 5.74) is 2.61. The van der Waals surface area contributed by atoms with E-state index in [4.69, 9.17) is 0 Å². The molecule has 7 nitrogen and oxygen atoms in total. The van der Waals surface area contributed by atoms with Crippen molar-refractivity contribution in [1.82, 2.24) is 19.3 Å². The zero-order valence-electron chi connectivity index (χ0n) is 16.6. The smallest absolute Gasteiger partial charge is 0.236 e. The van der Waals surface area contributed by atoms with Crippen LogP contribution in [0.15, 0.2) is 35.7 Å². The van der Waals surface area contributed by atoms with Crippen molar-refractivity contribution in [2.75, 3.05) is 11.1 Å². The number of rotatable bonds is 6. The van der Waals surface area contributed by atoms with Crippen LogP contribution in [0.3, 0.4) is 0 Å². The molecule has 0 bridgehead atoms. The van der Waals surface area contributed by atoms with Crippen molar-refractivity contribution in [3.8, 4) is 11.8 Å². The van der Waals surface area contributed by atoms with E-state index in [1.165, 1.54) is 23.9 Å². The van der Waals surface area contributed by atoms with Crippen LogP contribution < -0.4 is 5.32 Å². The van der Waals surface area contributed by atoms with Crippen LogP contribution in [-0.4, -0.2) is 31.0 Å². The fourth-order valence-corrected chi connectivity index (χ4v) is 3.81. The van der Waals surface area contributed by atoms with Gasteiger partial charge in [0.1, 0.15) is 24.0 Å². The van der Waals surface area contributed by atoms with E-state index in [2.05, 4.69) is 21.6 Å². The summed E-state index contributed by atoms with van der Waals surface area (Å²) in [5.74, 6) is -0.133. The van der Waals surface area contributed by atoms with Crippen LogP contribution in [0.2, 0.25) is 0 Å². The predicted molar refractivity (Wildman–Crippen MR) is 110 cm³/mol. The molecular weight excluding hydrogens is 391 g/mol. The van der Waals surface area contributed by atoms with Crippen molar-refractivity contribution in [2.45, 2.75) is 38.9 Å². The van der Waals surface area contributed by atoms with E-state index in [9.17, 15) is 14.4 Å². The third-order valence-corrected chi connectivity index (χ3v) is 5.55. The molecule has 9 heteroatoms. The van der Waals surface area contributed by atoms with Crippen molar-refractivity contribution in [2.24, 2.45) is 0 Å². The molecule has 0 aliphatic rings. The molecule has 0 aliphatic carbocycles. The number of nitrogens with one attached hydrogen (secondary N) is 1. The minimum atomic E-state index is -0.355. The van der Waals surface area contributed by atoms with Crippen LogP contribution in [-0.2, 0) is 4.79 Å². The monoisotopic (exact) mass is 412 g/mol. The summed E-state index contributed by atoms with van der Waals surface area (Å²) >= 11 is 1.27. The molecule has 1 N–H and O–H groups in total. The average Bonchev–Trinajstić information content (AvgIpc) is 3.25. The Balaban J connectivity index is 1.87. The van der Waals surface area contributed by atoms with Crippen LogP contribution in [0.5, 0.6) is 0 Å². The molecule has 1 aromatic carbocycles. The first-order valence-electron chi connectivity index (χ1n) is 9.03. The normalized spacial score (nSPS) is 10.9. The largest absolute Gasteiger partial charge is 0.310 e. The second-order valence-corrected chi connectivity index (χ2v) is 7.75. The number of carbonyl (C=O) groups excluding carboxylic acids is 1. The lowest BCUT2D eigenvalue weighted by Gasteiger charge is -2.13. The molecular formula is C20H21FN6OS. The Morgan fingerprint density at radius 3 is 2.62 bits per heavy atom. The summed E-state index contributed by atoms with van der Waals surface area (Å²) in [5, 5.41) is 21.0. The summed E-state index contributed by atoms with van der Waals surface area (Å²) in [4.78, 5) is 12.6. The molecule has 3 aromatic rings. The highest BCUT2D eigenvalue weighted by molar-refractivity contribution is 7.99. The number of hydrogen-bond donors (Lipinski definition) is 1. The van der Waals surface area contributed by atoms with E-state index in [-0.39, 0.29) is 23.5 Å². The van der Waals surface area contributed by atoms with Crippen LogP contribution in [0.4, 0.5) is 10.2 Å². The number of carbonyl (C=O) groups is 1. The first kappa shape index (κ1) is 20.6. The van der Waals surface area contributed by atoms with Gasteiger partial charge in [-0.25, -0.2) is 4.39 Å². The summed E-state index contributed by atoms with van der Waals surface area (Å²) in [7, 11) is 0. The van der Waals surface area contributed by atoms with Crippen LogP contribution in [0.25, 0.3) is 5.69 Å². The standard InChI is InChI=1S/C20H21FN6OS/c1-12(2)26-11-23-25-20(26)29-10-18(28)24-19-17(9-22)13(3)14(4)27(19)16-7-5-15(21)6-8-16/h5-8,11-12H,10H2,1-4H3,(H,24,28). The third kappa shape index (κ3) is 4.17. The lowest BCUT2D eigenvalue weighted by Crippen LogP contribution is -2.18. The number of hydrogen-bond acceptors (Lipinski definition) is 5. The fraction of sp³-hybridized carbons (Fsp3) is 0.300. The summed E-state index contributed by atoms with van der Waals surface area (Å²) < 4.78 is 17.0. The van der Waals surface area contributed by atoms with Gasteiger partial charge in [0, 0.05) is 17.4 Å². The highest BCUT2D eigenvalue weighted by Crippen LogP contribution is 2.30. The Hall–Kier alpha value is -3.12. The number of nitriles is 1. The zero-order valence-corrected chi connectivity index (χ0v) is 17.4. The summed E-state index contributed by atoms with van der Waals surface area (Å²) in [6, 6.07) is 8.25. The molecule has 0 aliphatic heterocycles. The topological polar surface area (TPSA) is 88.5 Å². The van der Waals surface area contributed by atoms with Gasteiger partial charge in [-0.2, -0.15) is 5.26 Å². The van der Waals surface area contributed by atoms with E-state index < -0.39 is 0 Å². The Bertz CT molecular complexity index is 1080. The van der Waals surface area contributed by atoms with E-state index in [1.807, 2.05) is 32.3 Å². The van der Waals surface area contributed by atoms with Crippen molar-refractivity contribution in [3.63, 3.8) is 0 Å². The highest BCUT2D eigenvalue weighted by atomic mass is 32.2. The molecule has 150 valence electrons. The molecule has 0 spiro atoms. The van der Waals surface area contributed by atoms with E-state index in [1.54, 1.807) is 23.0 Å². The van der Waals surface area contributed by atoms with Gasteiger partial charge in [-0.15, -0.1) is 10.2 Å². The number of benzene rings is 1. The maximum absolute atomic E-state index is 13.3. The molecule has 0 radical (unpaired) electrons. The van der Waals surface area contributed by atoms with Gasteiger partial charge in [0.2, 0.25) is 5.91 Å².